The molecular formula is C13H7Cl2KO4S. The predicted molar refractivity (Wildman–Crippen MR) is 74.3 cm³/mol. The summed E-state index contributed by atoms with van der Waals surface area (Å²) in [4.78, 5) is 11.6. The van der Waals surface area contributed by atoms with Crippen LogP contribution in [0.15, 0.2) is 47.4 Å². The van der Waals surface area contributed by atoms with Crippen LogP contribution in [-0.2, 0) is 10.1 Å². The minimum atomic E-state index is -4.73. The zero-order valence-electron chi connectivity index (χ0n) is 10.8. The van der Waals surface area contributed by atoms with Crippen molar-refractivity contribution in [3.05, 3.63) is 63.6 Å². The molecule has 0 saturated carbocycles. The van der Waals surface area contributed by atoms with Crippen molar-refractivity contribution in [1.82, 2.24) is 0 Å². The van der Waals surface area contributed by atoms with Gasteiger partial charge in [-0.15, -0.1) is 0 Å². The van der Waals surface area contributed by atoms with E-state index in [1.165, 1.54) is 36.4 Å². The van der Waals surface area contributed by atoms with Crippen LogP contribution in [0.4, 0.5) is 0 Å². The molecule has 0 aliphatic heterocycles. The Balaban J connectivity index is 0.00000220. The molecule has 0 aliphatic carbocycles. The van der Waals surface area contributed by atoms with Gasteiger partial charge in [0.1, 0.15) is 10.1 Å². The number of hydrogen-bond donors (Lipinski definition) is 0. The smallest absolute Gasteiger partial charge is 0.744 e. The number of carbonyl (C=O) groups excluding carboxylic acids is 1. The molecule has 2 rings (SSSR count). The number of benzene rings is 2. The monoisotopic (exact) mass is 368 g/mol. The molecule has 21 heavy (non-hydrogen) atoms. The number of carbonyl (C=O) groups is 1. The van der Waals surface area contributed by atoms with Crippen molar-refractivity contribution in [2.45, 2.75) is 4.90 Å². The molecule has 0 fully saturated rings. The minimum absolute atomic E-state index is 0. The average Bonchev–Trinajstić information content (AvgIpc) is 2.38. The first-order chi connectivity index (χ1) is 9.29. The van der Waals surface area contributed by atoms with Gasteiger partial charge in [0.2, 0.25) is 0 Å². The summed E-state index contributed by atoms with van der Waals surface area (Å²) in [7, 11) is -4.73. The third kappa shape index (κ3) is 4.85. The van der Waals surface area contributed by atoms with Crippen LogP contribution in [0.2, 0.25) is 10.0 Å². The quantitative estimate of drug-likeness (QED) is 0.438. The number of ketones is 1. The Bertz CT molecular complexity index is 773. The van der Waals surface area contributed by atoms with E-state index in [4.69, 9.17) is 23.2 Å². The van der Waals surface area contributed by atoms with Gasteiger partial charge in [0, 0.05) is 16.1 Å². The molecule has 2 aromatic carbocycles. The molecule has 0 unspecified atom stereocenters. The maximum atomic E-state index is 12.2. The van der Waals surface area contributed by atoms with Crippen molar-refractivity contribution in [2.75, 3.05) is 0 Å². The predicted octanol–water partition coefficient (Wildman–Crippen LogP) is 0.133. The Morgan fingerprint density at radius 3 is 2.00 bits per heavy atom. The van der Waals surface area contributed by atoms with E-state index in [0.717, 1.165) is 6.07 Å². The fraction of sp³-hybridized carbons (Fsp3) is 0. The Kier molecular flexibility index (Phi) is 7.05. The van der Waals surface area contributed by atoms with E-state index in [-0.39, 0.29) is 62.0 Å². The summed E-state index contributed by atoms with van der Waals surface area (Å²) in [5.74, 6) is -0.428. The summed E-state index contributed by atoms with van der Waals surface area (Å²) in [6, 6.07) is 9.62. The summed E-state index contributed by atoms with van der Waals surface area (Å²) in [6.07, 6.45) is 0. The van der Waals surface area contributed by atoms with E-state index in [1.54, 1.807) is 0 Å². The maximum Gasteiger partial charge on any atom is 1.00 e. The molecule has 0 amide bonds. The van der Waals surface area contributed by atoms with Crippen molar-refractivity contribution >= 4 is 39.1 Å². The molecule has 2 aromatic rings. The van der Waals surface area contributed by atoms with Crippen molar-refractivity contribution in [3.63, 3.8) is 0 Å². The zero-order chi connectivity index (χ0) is 14.9. The van der Waals surface area contributed by atoms with Crippen LogP contribution in [-0.4, -0.2) is 18.8 Å². The van der Waals surface area contributed by atoms with Crippen molar-refractivity contribution in [3.8, 4) is 0 Å². The zero-order valence-corrected chi connectivity index (χ0v) is 16.3. The molecule has 0 N–H and O–H groups in total. The Labute approximate surface area is 174 Å². The second-order valence-electron chi connectivity index (χ2n) is 3.94. The maximum absolute atomic E-state index is 12.2. The first kappa shape index (κ1) is 19.3. The van der Waals surface area contributed by atoms with E-state index >= 15 is 0 Å². The van der Waals surface area contributed by atoms with Crippen LogP contribution in [0.25, 0.3) is 0 Å². The molecule has 0 heterocycles. The number of rotatable bonds is 3. The molecule has 0 spiro atoms. The molecule has 0 saturated heterocycles. The van der Waals surface area contributed by atoms with E-state index in [9.17, 15) is 17.8 Å². The molecule has 0 atom stereocenters. The molecular weight excluding hydrogens is 362 g/mol. The molecule has 104 valence electrons. The van der Waals surface area contributed by atoms with E-state index in [1.807, 2.05) is 0 Å². The van der Waals surface area contributed by atoms with Crippen LogP contribution in [0.1, 0.15) is 15.9 Å². The number of hydrogen-bond acceptors (Lipinski definition) is 4. The fourth-order valence-corrected chi connectivity index (χ4v) is 2.71. The van der Waals surface area contributed by atoms with Crippen molar-refractivity contribution < 1.29 is 69.1 Å². The largest absolute Gasteiger partial charge is 1.00 e. The summed E-state index contributed by atoms with van der Waals surface area (Å²) in [5, 5.41) is 0.258. The fourth-order valence-electron chi connectivity index (χ4n) is 1.60. The molecule has 0 aromatic heterocycles. The van der Waals surface area contributed by atoms with E-state index < -0.39 is 20.8 Å². The Morgan fingerprint density at radius 1 is 0.952 bits per heavy atom. The van der Waals surface area contributed by atoms with Crippen LogP contribution >= 0.6 is 23.2 Å². The summed E-state index contributed by atoms with van der Waals surface area (Å²) in [5.41, 5.74) is 0.386. The second-order valence-corrected chi connectivity index (χ2v) is 6.13. The van der Waals surface area contributed by atoms with Gasteiger partial charge in [-0.1, -0.05) is 23.2 Å². The second kappa shape index (κ2) is 7.67. The van der Waals surface area contributed by atoms with Crippen LogP contribution < -0.4 is 51.4 Å². The summed E-state index contributed by atoms with van der Waals surface area (Å²) in [6.45, 7) is 0. The summed E-state index contributed by atoms with van der Waals surface area (Å²) < 4.78 is 33.1. The summed E-state index contributed by atoms with van der Waals surface area (Å²) >= 11 is 11.4. The molecule has 8 heteroatoms. The van der Waals surface area contributed by atoms with Gasteiger partial charge < -0.3 is 4.55 Å². The van der Waals surface area contributed by atoms with Gasteiger partial charge in [-0.05, 0) is 42.5 Å². The van der Waals surface area contributed by atoms with Crippen LogP contribution in [0.5, 0.6) is 0 Å². The van der Waals surface area contributed by atoms with Gasteiger partial charge in [0.25, 0.3) is 0 Å². The Morgan fingerprint density at radius 2 is 1.48 bits per heavy atom. The average molecular weight is 369 g/mol. The van der Waals surface area contributed by atoms with Gasteiger partial charge >= 0.3 is 51.4 Å². The first-order valence-electron chi connectivity index (χ1n) is 5.35. The van der Waals surface area contributed by atoms with E-state index in [0.29, 0.717) is 10.6 Å². The van der Waals surface area contributed by atoms with Gasteiger partial charge in [-0.25, -0.2) is 8.42 Å². The van der Waals surface area contributed by atoms with Gasteiger partial charge in [-0.2, -0.15) is 0 Å². The van der Waals surface area contributed by atoms with Gasteiger partial charge in [-0.3, -0.25) is 4.79 Å². The molecule has 0 radical (unpaired) electrons. The standard InChI is InChI=1S/C13H8Cl2O4S.K/c14-10-4-1-8(2-5-10)13(16)9-3-6-11(15)12(7-9)20(17,18)19;/h1-7H,(H,17,18,19);/q;+1/p-1. The van der Waals surface area contributed by atoms with Gasteiger partial charge in [0.05, 0.1) is 9.92 Å². The SMILES string of the molecule is O=C(c1ccc(Cl)cc1)c1ccc(Cl)c(S(=O)(=O)[O-])c1.[K+]. The van der Waals surface area contributed by atoms with Crippen molar-refractivity contribution in [2.24, 2.45) is 0 Å². The third-order valence-electron chi connectivity index (χ3n) is 2.57. The van der Waals surface area contributed by atoms with Crippen molar-refractivity contribution in [1.29, 1.82) is 0 Å². The topological polar surface area (TPSA) is 74.3 Å². The molecule has 0 aliphatic rings. The van der Waals surface area contributed by atoms with Crippen LogP contribution in [0.3, 0.4) is 0 Å². The molecule has 0 bridgehead atoms. The normalized spacial score (nSPS) is 10.8. The minimum Gasteiger partial charge on any atom is -0.744 e. The third-order valence-corrected chi connectivity index (χ3v) is 4.14. The van der Waals surface area contributed by atoms with Crippen LogP contribution in [0, 0.1) is 0 Å². The first-order valence-corrected chi connectivity index (χ1v) is 7.51. The Hall–Kier alpha value is 0.236. The van der Waals surface area contributed by atoms with Gasteiger partial charge in [0.15, 0.2) is 5.78 Å². The van der Waals surface area contributed by atoms with E-state index in [2.05, 4.69) is 0 Å². The number of halogens is 2. The molecule has 4 nitrogen and oxygen atoms in total.